The molecule has 5 heterocycles. The molecule has 0 radical (unpaired) electrons. The quantitative estimate of drug-likeness (QED) is 0.256. The summed E-state index contributed by atoms with van der Waals surface area (Å²) in [6.45, 7) is 10.0. The highest BCUT2D eigenvalue weighted by molar-refractivity contribution is 8.26. The number of rotatable bonds is 6. The van der Waals surface area contributed by atoms with Crippen LogP contribution < -0.4 is 19.9 Å². The van der Waals surface area contributed by atoms with Crippen molar-refractivity contribution in [3.63, 3.8) is 0 Å². The van der Waals surface area contributed by atoms with Gasteiger partial charge in [0.15, 0.2) is 11.5 Å². The monoisotopic (exact) mass is 561 g/mol. The van der Waals surface area contributed by atoms with Gasteiger partial charge in [-0.25, -0.2) is 4.98 Å². The fraction of sp³-hybridized carbons (Fsp3) is 0.286. The van der Waals surface area contributed by atoms with Crippen LogP contribution in [0, 0.1) is 6.92 Å². The lowest BCUT2D eigenvalue weighted by atomic mass is 10.1. The largest absolute Gasteiger partial charge is 0.454 e. The Morgan fingerprint density at radius 3 is 2.72 bits per heavy atom. The van der Waals surface area contributed by atoms with E-state index in [-0.39, 0.29) is 18.3 Å². The first kappa shape index (κ1) is 25.6. The summed E-state index contributed by atoms with van der Waals surface area (Å²) in [5, 5.41) is 0. The average Bonchev–Trinajstić information content (AvgIpc) is 3.51. The van der Waals surface area contributed by atoms with E-state index in [0.717, 1.165) is 42.3 Å². The van der Waals surface area contributed by atoms with E-state index in [9.17, 15) is 9.59 Å². The second kappa shape index (κ2) is 10.5. The number of benzene rings is 1. The number of ether oxygens (including phenoxy) is 2. The van der Waals surface area contributed by atoms with E-state index in [1.165, 1.54) is 16.7 Å². The molecule has 0 atom stereocenters. The molecule has 3 aromatic rings. The van der Waals surface area contributed by atoms with Gasteiger partial charge in [0.25, 0.3) is 11.5 Å². The van der Waals surface area contributed by atoms with Gasteiger partial charge in [0.05, 0.1) is 10.5 Å². The molecule has 2 saturated heterocycles. The molecule has 11 heteroatoms. The zero-order chi connectivity index (χ0) is 27.1. The maximum atomic E-state index is 13.8. The predicted molar refractivity (Wildman–Crippen MR) is 156 cm³/mol. The van der Waals surface area contributed by atoms with Gasteiger partial charge in [-0.3, -0.25) is 23.8 Å². The smallest absolute Gasteiger partial charge is 0.267 e. The first-order valence-electron chi connectivity index (χ1n) is 12.7. The minimum atomic E-state index is -0.224. The normalized spacial score (nSPS) is 18.5. The van der Waals surface area contributed by atoms with Crippen LogP contribution in [-0.2, 0) is 11.3 Å². The van der Waals surface area contributed by atoms with Gasteiger partial charge in [-0.1, -0.05) is 42.2 Å². The fourth-order valence-electron chi connectivity index (χ4n) is 5.00. The molecule has 39 heavy (non-hydrogen) atoms. The van der Waals surface area contributed by atoms with Gasteiger partial charge in [-0.2, -0.15) is 0 Å². The number of carbonyl (C=O) groups excluding carboxylic acids is 1. The van der Waals surface area contributed by atoms with Crippen LogP contribution in [0.25, 0.3) is 11.7 Å². The van der Waals surface area contributed by atoms with Crippen LogP contribution in [0.4, 0.5) is 5.82 Å². The van der Waals surface area contributed by atoms with Crippen LogP contribution in [0.1, 0.15) is 16.7 Å². The summed E-state index contributed by atoms with van der Waals surface area (Å²) in [5.74, 6) is 1.93. The number of pyridine rings is 1. The van der Waals surface area contributed by atoms with Crippen LogP contribution in [0.2, 0.25) is 0 Å². The fourth-order valence-corrected chi connectivity index (χ4v) is 6.26. The summed E-state index contributed by atoms with van der Waals surface area (Å²) in [4.78, 5) is 38.2. The second-order valence-electron chi connectivity index (χ2n) is 9.57. The third kappa shape index (κ3) is 4.81. The van der Waals surface area contributed by atoms with Crippen molar-refractivity contribution in [3.05, 3.63) is 81.1 Å². The van der Waals surface area contributed by atoms with Crippen molar-refractivity contribution in [1.29, 1.82) is 0 Å². The number of nitrogens with zero attached hydrogens (tertiary/aromatic N) is 5. The topological polar surface area (TPSA) is 79.6 Å². The zero-order valence-corrected chi connectivity index (χ0v) is 23.1. The van der Waals surface area contributed by atoms with E-state index in [1.54, 1.807) is 22.7 Å². The second-order valence-corrected chi connectivity index (χ2v) is 11.2. The maximum Gasteiger partial charge on any atom is 0.267 e. The molecule has 2 fully saturated rings. The molecule has 200 valence electrons. The van der Waals surface area contributed by atoms with Crippen molar-refractivity contribution in [1.82, 2.24) is 19.2 Å². The summed E-state index contributed by atoms with van der Waals surface area (Å²) in [7, 11) is 0. The summed E-state index contributed by atoms with van der Waals surface area (Å²) < 4.78 is 13.0. The van der Waals surface area contributed by atoms with Gasteiger partial charge in [-0.05, 0) is 42.3 Å². The molecule has 0 bridgehead atoms. The van der Waals surface area contributed by atoms with Gasteiger partial charge in [0.2, 0.25) is 6.79 Å². The number of aryl methyl sites for hydroxylation is 1. The number of fused-ring (bicyclic) bond motifs is 2. The molecule has 3 aliphatic rings. The molecule has 9 nitrogen and oxygen atoms in total. The molecule has 0 unspecified atom stereocenters. The minimum Gasteiger partial charge on any atom is -0.454 e. The van der Waals surface area contributed by atoms with Crippen molar-refractivity contribution in [2.75, 3.05) is 44.4 Å². The molecule has 0 aliphatic carbocycles. The lowest BCUT2D eigenvalue weighted by Crippen LogP contribution is -2.47. The number of thioether (sulfide) groups is 1. The van der Waals surface area contributed by atoms with E-state index in [4.69, 9.17) is 26.7 Å². The molecule has 1 aromatic carbocycles. The van der Waals surface area contributed by atoms with E-state index in [2.05, 4.69) is 22.4 Å². The Labute approximate surface area is 235 Å². The molecule has 0 saturated carbocycles. The predicted octanol–water partition coefficient (Wildman–Crippen LogP) is 3.44. The molecule has 2 aromatic heterocycles. The van der Waals surface area contributed by atoms with Gasteiger partial charge < -0.3 is 14.4 Å². The Kier molecular flexibility index (Phi) is 6.88. The van der Waals surface area contributed by atoms with Gasteiger partial charge >= 0.3 is 0 Å². The Balaban J connectivity index is 1.30. The third-order valence-electron chi connectivity index (χ3n) is 7.04. The Bertz CT molecular complexity index is 1590. The minimum absolute atomic E-state index is 0.213. The van der Waals surface area contributed by atoms with E-state index < -0.39 is 0 Å². The van der Waals surface area contributed by atoms with E-state index in [0.29, 0.717) is 45.9 Å². The molecule has 1 amide bonds. The molecule has 0 spiro atoms. The van der Waals surface area contributed by atoms with Crippen molar-refractivity contribution in [2.45, 2.75) is 13.5 Å². The van der Waals surface area contributed by atoms with Crippen molar-refractivity contribution in [2.24, 2.45) is 0 Å². The van der Waals surface area contributed by atoms with Crippen LogP contribution in [0.15, 0.2) is 58.9 Å². The standard InChI is InChI=1S/C28H27N5O4S2/c1-3-8-33-27(35)23(39-28(33)38)15-20-25(29-24-18(2)5-4-9-32(24)26(20)34)31-12-10-30(11-13-31)16-19-6-7-21-22(14-19)37-17-36-21/h3-7,9,14-15H,1,8,10-13,16-17H2,2H3. The number of hydrogen-bond acceptors (Lipinski definition) is 9. The number of piperazine rings is 1. The SMILES string of the molecule is C=CCN1C(=O)C(=Cc2c(N3CCN(Cc4ccc5c(c4)OCO5)CC3)nc3c(C)cccn3c2=O)SC1=S. The van der Waals surface area contributed by atoms with Crippen molar-refractivity contribution >= 4 is 51.7 Å². The highest BCUT2D eigenvalue weighted by Gasteiger charge is 2.32. The lowest BCUT2D eigenvalue weighted by molar-refractivity contribution is -0.121. The van der Waals surface area contributed by atoms with Gasteiger partial charge in [-0.15, -0.1) is 6.58 Å². The van der Waals surface area contributed by atoms with Gasteiger partial charge in [0.1, 0.15) is 15.8 Å². The average molecular weight is 562 g/mol. The van der Waals surface area contributed by atoms with Crippen LogP contribution in [0.3, 0.4) is 0 Å². The van der Waals surface area contributed by atoms with Crippen LogP contribution in [0.5, 0.6) is 11.5 Å². The third-order valence-corrected chi connectivity index (χ3v) is 8.42. The van der Waals surface area contributed by atoms with E-state index in [1.807, 2.05) is 31.2 Å². The Morgan fingerprint density at radius 2 is 1.92 bits per heavy atom. The van der Waals surface area contributed by atoms with E-state index >= 15 is 0 Å². The number of amides is 1. The number of thiocarbonyl (C=S) groups is 1. The first-order valence-corrected chi connectivity index (χ1v) is 13.9. The number of aromatic nitrogens is 2. The number of hydrogen-bond donors (Lipinski definition) is 0. The maximum absolute atomic E-state index is 13.8. The highest BCUT2D eigenvalue weighted by atomic mass is 32.2. The summed E-state index contributed by atoms with van der Waals surface area (Å²) in [6.07, 6.45) is 5.00. The van der Waals surface area contributed by atoms with Crippen LogP contribution >= 0.6 is 24.0 Å². The molecule has 3 aliphatic heterocycles. The summed E-state index contributed by atoms with van der Waals surface area (Å²) in [5.41, 5.74) is 2.85. The first-order chi connectivity index (χ1) is 18.9. The Morgan fingerprint density at radius 1 is 1.13 bits per heavy atom. The molecule has 0 N–H and O–H groups in total. The number of carbonyl (C=O) groups is 1. The van der Waals surface area contributed by atoms with Crippen LogP contribution in [-0.4, -0.2) is 68.9 Å². The van der Waals surface area contributed by atoms with Crippen molar-refractivity contribution < 1.29 is 14.3 Å². The number of anilines is 1. The molecular weight excluding hydrogens is 534 g/mol. The lowest BCUT2D eigenvalue weighted by Gasteiger charge is -2.36. The molecule has 6 rings (SSSR count). The molecular formula is C28H27N5O4S2. The summed E-state index contributed by atoms with van der Waals surface area (Å²) >= 11 is 6.60. The highest BCUT2D eigenvalue weighted by Crippen LogP contribution is 2.34. The zero-order valence-electron chi connectivity index (χ0n) is 21.5. The van der Waals surface area contributed by atoms with Gasteiger partial charge in [0, 0.05) is 45.5 Å². The van der Waals surface area contributed by atoms with Crippen molar-refractivity contribution in [3.8, 4) is 11.5 Å². The summed E-state index contributed by atoms with van der Waals surface area (Å²) in [6, 6.07) is 9.81. The Hall–Kier alpha value is -3.67.